The lowest BCUT2D eigenvalue weighted by Gasteiger charge is -2.26. The number of esters is 2. The Morgan fingerprint density at radius 2 is 0.739 bits per heavy atom. The van der Waals surface area contributed by atoms with Crippen LogP contribution in [0.2, 0.25) is 0 Å². The molecule has 9 nitrogen and oxygen atoms in total. The lowest BCUT2D eigenvalue weighted by atomic mass is 10.0. The van der Waals surface area contributed by atoms with Gasteiger partial charge in [0.2, 0.25) is 0 Å². The summed E-state index contributed by atoms with van der Waals surface area (Å²) in [5.74, 6) is -2.27. The zero-order valence-corrected chi connectivity index (χ0v) is 46.5. The third-order valence-electron chi connectivity index (χ3n) is 13.5. The van der Waals surface area contributed by atoms with Crippen molar-refractivity contribution in [2.24, 2.45) is 0 Å². The Labute approximate surface area is 427 Å². The van der Waals surface area contributed by atoms with Crippen LogP contribution in [0.1, 0.15) is 296 Å². The molecule has 0 amide bonds. The van der Waals surface area contributed by atoms with E-state index >= 15 is 0 Å². The maximum atomic E-state index is 12.8. The Kier molecular flexibility index (Phi) is 50.9. The van der Waals surface area contributed by atoms with Crippen molar-refractivity contribution in [2.75, 3.05) is 47.5 Å². The summed E-state index contributed by atoms with van der Waals surface area (Å²) in [6, 6.07) is 0. The topological polar surface area (TPSA) is 111 Å². The number of quaternary nitrogens is 1. The number of hydrogen-bond donors (Lipinski definition) is 0. The molecule has 2 atom stereocenters. The highest BCUT2D eigenvalue weighted by Gasteiger charge is 2.22. The molecule has 0 aliphatic carbocycles. The number of nitrogens with zero attached hydrogens (tertiary/aromatic N) is 1. The van der Waals surface area contributed by atoms with Crippen LogP contribution in [0.25, 0.3) is 0 Å². The van der Waals surface area contributed by atoms with Gasteiger partial charge in [0, 0.05) is 12.8 Å². The van der Waals surface area contributed by atoms with Crippen LogP contribution in [0.3, 0.4) is 0 Å². The molecule has 0 fully saturated rings. The normalized spacial score (nSPS) is 12.8. The molecule has 0 aliphatic rings. The first-order valence-electron chi connectivity index (χ1n) is 29.8. The zero-order valence-electron chi connectivity index (χ0n) is 46.5. The van der Waals surface area contributed by atoms with Crippen LogP contribution < -0.4 is 5.11 Å². The third kappa shape index (κ3) is 53.7. The predicted octanol–water partition coefficient (Wildman–Crippen LogP) is 16.0. The van der Waals surface area contributed by atoms with Gasteiger partial charge < -0.3 is 33.3 Å². The van der Waals surface area contributed by atoms with Crippen molar-refractivity contribution < 1.29 is 42.9 Å². The Morgan fingerprint density at radius 3 is 1.09 bits per heavy atom. The highest BCUT2D eigenvalue weighted by molar-refractivity contribution is 5.70. The quantitative estimate of drug-likeness (QED) is 0.0195. The van der Waals surface area contributed by atoms with E-state index < -0.39 is 24.3 Å². The molecule has 0 rings (SSSR count). The number of ether oxygens (including phenoxy) is 4. The van der Waals surface area contributed by atoms with Crippen LogP contribution in [0.4, 0.5) is 0 Å². The summed E-state index contributed by atoms with van der Waals surface area (Å²) >= 11 is 0. The van der Waals surface area contributed by atoms with E-state index in [9.17, 15) is 19.5 Å². The third-order valence-corrected chi connectivity index (χ3v) is 13.5. The smallest absolute Gasteiger partial charge is 0.306 e. The second-order valence-electron chi connectivity index (χ2n) is 21.6. The minimum absolute atomic E-state index is 0.149. The van der Waals surface area contributed by atoms with Gasteiger partial charge >= 0.3 is 11.9 Å². The van der Waals surface area contributed by atoms with Crippen molar-refractivity contribution in [3.63, 3.8) is 0 Å². The van der Waals surface area contributed by atoms with Crippen molar-refractivity contribution in [2.45, 2.75) is 309 Å². The molecule has 0 radical (unpaired) electrons. The molecule has 2 unspecified atom stereocenters. The van der Waals surface area contributed by atoms with Crippen LogP contribution >= 0.6 is 0 Å². The number of carbonyl (C=O) groups is 3. The van der Waals surface area contributed by atoms with Crippen LogP contribution in [0.5, 0.6) is 0 Å². The van der Waals surface area contributed by atoms with Crippen LogP contribution in [0, 0.1) is 0 Å². The van der Waals surface area contributed by atoms with Crippen LogP contribution in [0.15, 0.2) is 12.2 Å². The number of likely N-dealkylation sites (N-methyl/N-ethyl adjacent to an activating group) is 1. The molecule has 0 aromatic carbocycles. The number of unbranched alkanes of at least 4 members (excludes halogenated alkanes) is 39. The zero-order chi connectivity index (χ0) is 50.6. The Morgan fingerprint density at radius 1 is 0.420 bits per heavy atom. The van der Waals surface area contributed by atoms with Crippen molar-refractivity contribution >= 4 is 17.9 Å². The molecular formula is C60H115NO8. The van der Waals surface area contributed by atoms with Gasteiger partial charge in [-0.1, -0.05) is 257 Å². The second kappa shape index (κ2) is 52.4. The average Bonchev–Trinajstić information content (AvgIpc) is 3.31. The summed E-state index contributed by atoms with van der Waals surface area (Å²) in [6.45, 7) is 4.77. The summed E-state index contributed by atoms with van der Waals surface area (Å²) in [7, 11) is 5.92. The fourth-order valence-corrected chi connectivity index (χ4v) is 8.89. The first-order valence-corrected chi connectivity index (χ1v) is 29.8. The number of hydrogen-bond acceptors (Lipinski definition) is 8. The second-order valence-corrected chi connectivity index (χ2v) is 21.6. The monoisotopic (exact) mass is 978 g/mol. The van der Waals surface area contributed by atoms with E-state index in [0.29, 0.717) is 23.9 Å². The average molecular weight is 979 g/mol. The maximum Gasteiger partial charge on any atom is 0.306 e. The number of carbonyl (C=O) groups excluding carboxylic acids is 3. The van der Waals surface area contributed by atoms with Gasteiger partial charge in [0.1, 0.15) is 13.2 Å². The Hall–Kier alpha value is -1.97. The van der Waals surface area contributed by atoms with Crippen molar-refractivity contribution in [1.82, 2.24) is 0 Å². The van der Waals surface area contributed by atoms with E-state index in [0.717, 1.165) is 51.4 Å². The lowest BCUT2D eigenvalue weighted by Crippen LogP contribution is -2.44. The minimum atomic E-state index is -1.62. The molecular weight excluding hydrogens is 863 g/mol. The van der Waals surface area contributed by atoms with Gasteiger partial charge in [-0.2, -0.15) is 0 Å². The SMILES string of the molecule is CCCCCC/C=C\CCCCCCCC(=O)OC(COC(=O)CCCCCCCCCCCCCCCCCCCCCCCCCCCCCCCCC)COC(OCC[N+](C)(C)C)C(=O)[O-]. The summed E-state index contributed by atoms with van der Waals surface area (Å²) < 4.78 is 22.7. The molecule has 0 bridgehead atoms. The molecule has 9 heteroatoms. The molecule has 408 valence electrons. The lowest BCUT2D eigenvalue weighted by molar-refractivity contribution is -0.870. The van der Waals surface area contributed by atoms with Gasteiger partial charge in [-0.15, -0.1) is 0 Å². The summed E-state index contributed by atoms with van der Waals surface area (Å²) in [5, 5.41) is 11.7. The first-order chi connectivity index (χ1) is 33.6. The minimum Gasteiger partial charge on any atom is -0.545 e. The van der Waals surface area contributed by atoms with Gasteiger partial charge in [-0.05, 0) is 38.5 Å². The highest BCUT2D eigenvalue weighted by atomic mass is 16.7. The van der Waals surface area contributed by atoms with E-state index in [2.05, 4.69) is 26.0 Å². The highest BCUT2D eigenvalue weighted by Crippen LogP contribution is 2.18. The van der Waals surface area contributed by atoms with Gasteiger partial charge in [0.25, 0.3) is 0 Å². The van der Waals surface area contributed by atoms with E-state index in [4.69, 9.17) is 18.9 Å². The summed E-state index contributed by atoms with van der Waals surface area (Å²) in [6.07, 6.45) is 57.2. The predicted molar refractivity (Wildman–Crippen MR) is 288 cm³/mol. The molecule has 69 heavy (non-hydrogen) atoms. The number of allylic oxidation sites excluding steroid dienone is 2. The molecule has 0 heterocycles. The van der Waals surface area contributed by atoms with Crippen LogP contribution in [-0.4, -0.2) is 82.3 Å². The molecule has 0 spiro atoms. The van der Waals surface area contributed by atoms with Gasteiger partial charge in [0.15, 0.2) is 12.4 Å². The molecule has 0 aromatic rings. The van der Waals surface area contributed by atoms with Crippen LogP contribution in [-0.2, 0) is 33.3 Å². The van der Waals surface area contributed by atoms with Gasteiger partial charge in [0.05, 0.1) is 40.3 Å². The van der Waals surface area contributed by atoms with E-state index in [1.54, 1.807) is 0 Å². The van der Waals surface area contributed by atoms with E-state index in [1.807, 2.05) is 21.1 Å². The first kappa shape index (κ1) is 67.0. The molecule has 0 aliphatic heterocycles. The largest absolute Gasteiger partial charge is 0.545 e. The van der Waals surface area contributed by atoms with Gasteiger partial charge in [-0.25, -0.2) is 0 Å². The standard InChI is InChI=1S/C60H115NO8/c1-6-8-10-12-14-16-18-20-21-22-23-24-25-26-27-28-29-30-31-32-33-34-35-36-37-39-40-42-44-46-48-50-57(62)67-54-56(55-68-60(59(64)65)66-53-52-61(3,4)5)69-58(63)51-49-47-45-43-41-38-19-17-15-13-11-9-7-2/h17,19,56,60H,6-16,18,20-55H2,1-5H3/b19-17-. The number of rotatable bonds is 56. The fraction of sp³-hybridized carbons (Fsp3) is 0.917. The Bertz CT molecular complexity index is 1140. The number of carboxylic acids is 1. The maximum absolute atomic E-state index is 12.8. The number of carboxylic acid groups (broad SMARTS) is 1. The molecule has 0 N–H and O–H groups in total. The Balaban J connectivity index is 4.01. The van der Waals surface area contributed by atoms with E-state index in [-0.39, 0.29) is 32.2 Å². The molecule has 0 saturated carbocycles. The molecule has 0 saturated heterocycles. The summed E-state index contributed by atoms with van der Waals surface area (Å²) in [5.41, 5.74) is 0. The van der Waals surface area contributed by atoms with Crippen molar-refractivity contribution in [3.05, 3.63) is 12.2 Å². The van der Waals surface area contributed by atoms with Crippen molar-refractivity contribution in [3.8, 4) is 0 Å². The fourth-order valence-electron chi connectivity index (χ4n) is 8.89. The summed E-state index contributed by atoms with van der Waals surface area (Å²) in [4.78, 5) is 37.2. The number of aliphatic carboxylic acids is 1. The van der Waals surface area contributed by atoms with Gasteiger partial charge in [-0.3, -0.25) is 9.59 Å². The molecule has 0 aromatic heterocycles. The van der Waals surface area contributed by atoms with Crippen molar-refractivity contribution in [1.29, 1.82) is 0 Å². The van der Waals surface area contributed by atoms with E-state index in [1.165, 1.54) is 212 Å².